The van der Waals surface area contributed by atoms with Gasteiger partial charge < -0.3 is 59.1 Å². The van der Waals surface area contributed by atoms with Crippen LogP contribution in [-0.4, -0.2) is 21.9 Å². The zero-order valence-corrected chi connectivity index (χ0v) is 37.3. The Kier molecular flexibility index (Phi) is 31.3. The number of rotatable bonds is 6. The van der Waals surface area contributed by atoms with E-state index in [1.807, 2.05) is 24.3 Å². The first-order valence-corrected chi connectivity index (χ1v) is 15.4. The van der Waals surface area contributed by atoms with Crippen LogP contribution in [0.1, 0.15) is 101 Å². The van der Waals surface area contributed by atoms with Crippen molar-refractivity contribution in [2.45, 2.75) is 82.5 Å². The van der Waals surface area contributed by atoms with E-state index in [0.717, 1.165) is 11.1 Å². The molecule has 3 aromatic rings. The predicted molar refractivity (Wildman–Crippen MR) is 182 cm³/mol. The van der Waals surface area contributed by atoms with Crippen molar-refractivity contribution in [3.63, 3.8) is 0 Å². The summed E-state index contributed by atoms with van der Waals surface area (Å²) in [5.41, 5.74) is 2.60. The molecule has 0 amide bonds. The number of nitrogens with zero attached hydrogens (tertiary/aromatic N) is 2. The van der Waals surface area contributed by atoms with Crippen LogP contribution in [0.15, 0.2) is 73.3 Å². The molecule has 0 spiro atoms. The minimum absolute atomic E-state index is 0. The van der Waals surface area contributed by atoms with Crippen molar-refractivity contribution in [2.24, 2.45) is 0 Å². The Labute approximate surface area is 364 Å². The van der Waals surface area contributed by atoms with Gasteiger partial charge in [0, 0.05) is 24.8 Å². The van der Waals surface area contributed by atoms with Gasteiger partial charge in [-0.2, -0.15) is 0 Å². The van der Waals surface area contributed by atoms with Crippen molar-refractivity contribution in [3.05, 3.63) is 155 Å². The molecule has 12 heteroatoms. The number of esters is 2. The minimum atomic E-state index is -0.400. The zero-order chi connectivity index (χ0) is 34.0. The Bertz CT molecular complexity index is 1180. The standard InChI is InChI=1S/C20H16N2O4.2C10H15.4ClH.2Rh/c23-19(17-5-9-21-10-6-17)25-13-15-1-2-16(4-3-15)14-26-20(24)18-7-11-22-12-8-18;2*1-6-7(2)9(4)10(5)8(6)3;;;;;;/h1-12H,13-14H2;2*1-5H3;4*1H;;/q;;;;;;;2*+3/p-4. The van der Waals surface area contributed by atoms with Crippen LogP contribution in [0, 0.1) is 59.2 Å². The quantitative estimate of drug-likeness (QED) is 0.196. The SMILES string of the molecule is C[C]1[C](C)[C](C)[C](C)[C]1C.C[C]1[C](C)[C](C)[C](C)[C]1C.O=C(OCc1ccc(COC(=O)c2ccncc2)cc1)c1ccncc1.[Cl-].[Cl-].[Cl-].[Cl-].[Rh+3].[Rh+3]. The average Bonchev–Trinajstić information content (AvgIpc) is 3.37. The molecular formula is C40H46Cl4N2O4Rh2+2. The van der Waals surface area contributed by atoms with Gasteiger partial charge in [0.25, 0.3) is 0 Å². The molecule has 6 nitrogen and oxygen atoms in total. The first kappa shape index (κ1) is 57.6. The second-order valence-corrected chi connectivity index (χ2v) is 11.7. The number of pyridine rings is 2. The molecule has 0 aliphatic heterocycles. The summed E-state index contributed by atoms with van der Waals surface area (Å²) in [6.07, 6.45) is 6.16. The molecule has 0 bridgehead atoms. The molecule has 2 heterocycles. The Balaban J connectivity index is -0.000000373. The molecule has 2 aromatic heterocycles. The molecule has 5 rings (SSSR count). The molecule has 0 N–H and O–H groups in total. The van der Waals surface area contributed by atoms with Gasteiger partial charge in [-0.1, -0.05) is 93.5 Å². The Morgan fingerprint density at radius 2 is 0.596 bits per heavy atom. The van der Waals surface area contributed by atoms with E-state index in [9.17, 15) is 9.59 Å². The predicted octanol–water partition coefficient (Wildman–Crippen LogP) is -2.85. The summed E-state index contributed by atoms with van der Waals surface area (Å²) in [6.45, 7) is 22.3. The summed E-state index contributed by atoms with van der Waals surface area (Å²) in [7, 11) is 0. The molecule has 10 radical (unpaired) electrons. The molecular weight excluding hydrogens is 920 g/mol. The van der Waals surface area contributed by atoms with Crippen LogP contribution in [-0.2, 0) is 61.6 Å². The van der Waals surface area contributed by atoms with Crippen LogP contribution < -0.4 is 49.6 Å². The van der Waals surface area contributed by atoms with E-state index in [1.165, 1.54) is 59.2 Å². The van der Waals surface area contributed by atoms with Gasteiger partial charge in [-0.25, -0.2) is 9.59 Å². The van der Waals surface area contributed by atoms with E-state index >= 15 is 0 Å². The summed E-state index contributed by atoms with van der Waals surface area (Å²) in [5, 5.41) is 0. The van der Waals surface area contributed by atoms with Crippen LogP contribution >= 0.6 is 0 Å². The molecule has 2 fully saturated rings. The Morgan fingerprint density at radius 1 is 0.404 bits per heavy atom. The van der Waals surface area contributed by atoms with E-state index < -0.39 is 11.9 Å². The largest absolute Gasteiger partial charge is 3.00 e. The summed E-state index contributed by atoms with van der Waals surface area (Å²) in [5.74, 6) is 13.9. The van der Waals surface area contributed by atoms with Gasteiger partial charge in [-0.15, -0.1) is 0 Å². The third-order valence-corrected chi connectivity index (χ3v) is 9.22. The van der Waals surface area contributed by atoms with Crippen LogP contribution in [0.3, 0.4) is 0 Å². The maximum atomic E-state index is 11.9. The van der Waals surface area contributed by atoms with Crippen molar-refractivity contribution >= 4 is 11.9 Å². The molecule has 284 valence electrons. The summed E-state index contributed by atoms with van der Waals surface area (Å²) < 4.78 is 10.5. The smallest absolute Gasteiger partial charge is 1.00 e. The number of aromatic nitrogens is 2. The Hall–Kier alpha value is -1.13. The van der Waals surface area contributed by atoms with Crippen LogP contribution in [0.25, 0.3) is 0 Å². The zero-order valence-electron chi connectivity index (χ0n) is 31.0. The number of hydrogen-bond acceptors (Lipinski definition) is 6. The number of ether oxygens (including phenoxy) is 2. The summed E-state index contributed by atoms with van der Waals surface area (Å²) >= 11 is 0. The molecule has 2 aliphatic carbocycles. The van der Waals surface area contributed by atoms with Gasteiger partial charge in [0.1, 0.15) is 13.2 Å². The fourth-order valence-electron chi connectivity index (χ4n) is 4.98. The maximum absolute atomic E-state index is 11.9. The molecule has 2 aliphatic rings. The second-order valence-electron chi connectivity index (χ2n) is 11.7. The molecule has 52 heavy (non-hydrogen) atoms. The van der Waals surface area contributed by atoms with Gasteiger partial charge in [0.2, 0.25) is 0 Å². The van der Waals surface area contributed by atoms with E-state index in [-0.39, 0.29) is 102 Å². The van der Waals surface area contributed by atoms with Gasteiger partial charge in [0.15, 0.2) is 0 Å². The summed E-state index contributed by atoms with van der Waals surface area (Å²) in [4.78, 5) is 31.5. The number of carbonyl (C=O) groups excluding carboxylic acids is 2. The second kappa shape index (κ2) is 28.3. The normalized spacial score (nSPS) is 16.0. The molecule has 2 saturated carbocycles. The first-order chi connectivity index (χ1) is 21.8. The third-order valence-electron chi connectivity index (χ3n) is 9.22. The molecule has 0 atom stereocenters. The summed E-state index contributed by atoms with van der Waals surface area (Å²) in [6, 6.07) is 13.7. The van der Waals surface area contributed by atoms with Gasteiger partial charge in [-0.3, -0.25) is 9.97 Å². The van der Waals surface area contributed by atoms with Crippen molar-refractivity contribution in [3.8, 4) is 0 Å². The molecule has 0 saturated heterocycles. The van der Waals surface area contributed by atoms with Crippen LogP contribution in [0.2, 0.25) is 0 Å². The van der Waals surface area contributed by atoms with Gasteiger partial charge >= 0.3 is 50.9 Å². The third kappa shape index (κ3) is 16.3. The fourth-order valence-corrected chi connectivity index (χ4v) is 4.98. The number of halogens is 4. The molecule has 0 unspecified atom stereocenters. The fraction of sp³-hybridized carbons (Fsp3) is 0.300. The van der Waals surface area contributed by atoms with E-state index in [0.29, 0.717) is 11.1 Å². The van der Waals surface area contributed by atoms with Gasteiger partial charge in [-0.05, 0) is 94.6 Å². The maximum Gasteiger partial charge on any atom is 3.00 e. The van der Waals surface area contributed by atoms with Crippen molar-refractivity contribution in [1.82, 2.24) is 9.97 Å². The van der Waals surface area contributed by atoms with Gasteiger partial charge in [0.05, 0.1) is 11.1 Å². The van der Waals surface area contributed by atoms with E-state index in [4.69, 9.17) is 9.47 Å². The number of benzene rings is 1. The van der Waals surface area contributed by atoms with Crippen molar-refractivity contribution < 1.29 is 108 Å². The van der Waals surface area contributed by atoms with Crippen molar-refractivity contribution in [2.75, 3.05) is 0 Å². The minimum Gasteiger partial charge on any atom is -1.00 e. The average molecular weight is 966 g/mol. The molecule has 1 aromatic carbocycles. The van der Waals surface area contributed by atoms with E-state index in [1.54, 1.807) is 49.1 Å². The Morgan fingerprint density at radius 3 is 0.788 bits per heavy atom. The topological polar surface area (TPSA) is 78.4 Å². The van der Waals surface area contributed by atoms with Crippen molar-refractivity contribution in [1.29, 1.82) is 0 Å². The monoisotopic (exact) mass is 964 g/mol. The van der Waals surface area contributed by atoms with Crippen LogP contribution in [0.4, 0.5) is 0 Å². The van der Waals surface area contributed by atoms with E-state index in [2.05, 4.69) is 79.2 Å². The number of hydrogen-bond donors (Lipinski definition) is 0. The number of carbonyl (C=O) groups is 2. The first-order valence-electron chi connectivity index (χ1n) is 15.4. The van der Waals surface area contributed by atoms with Crippen LogP contribution in [0.5, 0.6) is 0 Å².